The molecule has 1 rings (SSSR count). The number of unbranched alkanes of at least 4 members (excludes halogenated alkanes) is 1. The minimum atomic E-state index is -0.187. The van der Waals surface area contributed by atoms with Gasteiger partial charge in [-0.15, -0.1) is 0 Å². The Labute approximate surface area is 123 Å². The lowest BCUT2D eigenvalue weighted by atomic mass is 9.86. The van der Waals surface area contributed by atoms with E-state index in [1.54, 1.807) is 0 Å². The summed E-state index contributed by atoms with van der Waals surface area (Å²) >= 11 is 0. The van der Waals surface area contributed by atoms with Crippen LogP contribution < -0.4 is 5.73 Å². The van der Waals surface area contributed by atoms with Gasteiger partial charge in [0.05, 0.1) is 11.9 Å². The molecule has 0 spiro atoms. The van der Waals surface area contributed by atoms with Crippen molar-refractivity contribution in [2.75, 3.05) is 33.7 Å². The molecule has 20 heavy (non-hydrogen) atoms. The molecule has 1 aliphatic rings. The number of nitrogens with one attached hydrogen (secondary N) is 1. The van der Waals surface area contributed by atoms with Gasteiger partial charge in [-0.3, -0.25) is 10.3 Å². The van der Waals surface area contributed by atoms with Gasteiger partial charge in [0.2, 0.25) is 0 Å². The highest BCUT2D eigenvalue weighted by molar-refractivity contribution is 5.82. The quantitative estimate of drug-likeness (QED) is 0.355. The number of amidine groups is 1. The molecule has 0 bridgehead atoms. The minimum Gasteiger partial charge on any atom is -0.392 e. The van der Waals surface area contributed by atoms with Crippen molar-refractivity contribution in [3.63, 3.8) is 0 Å². The van der Waals surface area contributed by atoms with E-state index in [9.17, 15) is 5.11 Å². The Morgan fingerprint density at radius 2 is 2.05 bits per heavy atom. The fourth-order valence-corrected chi connectivity index (χ4v) is 2.86. The second kappa shape index (κ2) is 7.38. The number of likely N-dealkylation sites (N-methyl/N-ethyl adjacent to an activating group) is 1. The molecular weight excluding hydrogens is 252 g/mol. The lowest BCUT2D eigenvalue weighted by Crippen LogP contribution is -2.38. The lowest BCUT2D eigenvalue weighted by molar-refractivity contribution is 0.171. The number of hydrogen-bond acceptors (Lipinski definition) is 4. The SMILES string of the molecule is CN(C)CC1CC(O)CN1CCCCC(C)(C)C(=N)N. The third kappa shape index (κ3) is 5.38. The van der Waals surface area contributed by atoms with Crippen molar-refractivity contribution in [3.05, 3.63) is 0 Å². The summed E-state index contributed by atoms with van der Waals surface area (Å²) in [5.41, 5.74) is 5.42. The van der Waals surface area contributed by atoms with Gasteiger partial charge in [-0.1, -0.05) is 20.3 Å². The topological polar surface area (TPSA) is 76.6 Å². The van der Waals surface area contributed by atoms with Crippen LogP contribution in [-0.4, -0.2) is 66.6 Å². The Morgan fingerprint density at radius 3 is 2.60 bits per heavy atom. The fourth-order valence-electron chi connectivity index (χ4n) is 2.86. The number of aliphatic hydroxyl groups is 1. The van der Waals surface area contributed by atoms with Gasteiger partial charge >= 0.3 is 0 Å². The van der Waals surface area contributed by atoms with Crippen LogP contribution in [0.2, 0.25) is 0 Å². The molecule has 0 aliphatic carbocycles. The summed E-state index contributed by atoms with van der Waals surface area (Å²) in [7, 11) is 4.16. The maximum Gasteiger partial charge on any atom is 0.0963 e. The molecule has 4 N–H and O–H groups in total. The van der Waals surface area contributed by atoms with Crippen LogP contribution in [0.15, 0.2) is 0 Å². The zero-order chi connectivity index (χ0) is 15.3. The first kappa shape index (κ1) is 17.4. The van der Waals surface area contributed by atoms with Gasteiger partial charge < -0.3 is 15.7 Å². The summed E-state index contributed by atoms with van der Waals surface area (Å²) < 4.78 is 0. The smallest absolute Gasteiger partial charge is 0.0963 e. The normalized spacial score (nSPS) is 24.5. The van der Waals surface area contributed by atoms with Crippen LogP contribution in [0.3, 0.4) is 0 Å². The van der Waals surface area contributed by atoms with Crippen LogP contribution >= 0.6 is 0 Å². The maximum atomic E-state index is 9.84. The molecule has 1 saturated heterocycles. The first-order chi connectivity index (χ1) is 9.22. The average molecular weight is 284 g/mol. The molecule has 1 heterocycles. The van der Waals surface area contributed by atoms with Crippen molar-refractivity contribution >= 4 is 5.84 Å². The van der Waals surface area contributed by atoms with Crippen molar-refractivity contribution in [2.45, 2.75) is 51.7 Å². The van der Waals surface area contributed by atoms with E-state index in [0.717, 1.165) is 45.3 Å². The van der Waals surface area contributed by atoms with Gasteiger partial charge in [0.15, 0.2) is 0 Å². The molecule has 1 aliphatic heterocycles. The molecule has 1 fully saturated rings. The van der Waals surface area contributed by atoms with Crippen LogP contribution in [0.5, 0.6) is 0 Å². The van der Waals surface area contributed by atoms with Crippen LogP contribution in [0.1, 0.15) is 39.5 Å². The number of nitrogens with two attached hydrogens (primary N) is 1. The van der Waals surface area contributed by atoms with Crippen LogP contribution in [0.25, 0.3) is 0 Å². The first-order valence-electron chi connectivity index (χ1n) is 7.63. The van der Waals surface area contributed by atoms with Crippen LogP contribution in [0.4, 0.5) is 0 Å². The number of β-amino-alcohol motifs (C(OH)–C–C–N with tert-alkyl or cyclic N) is 1. The Hall–Kier alpha value is -0.650. The minimum absolute atomic E-state index is 0.173. The summed E-state index contributed by atoms with van der Waals surface area (Å²) in [6.45, 7) is 6.90. The highest BCUT2D eigenvalue weighted by Gasteiger charge is 2.30. The first-order valence-corrected chi connectivity index (χ1v) is 7.63. The summed E-state index contributed by atoms with van der Waals surface area (Å²) in [4.78, 5) is 4.60. The van der Waals surface area contributed by atoms with Crippen LogP contribution in [-0.2, 0) is 0 Å². The second-order valence-electron chi connectivity index (χ2n) is 7.06. The molecule has 2 unspecified atom stereocenters. The predicted molar refractivity (Wildman–Crippen MR) is 84.1 cm³/mol. The van der Waals surface area contributed by atoms with E-state index in [1.165, 1.54) is 0 Å². The predicted octanol–water partition coefficient (Wildman–Crippen LogP) is 1.12. The van der Waals surface area contributed by atoms with Crippen molar-refractivity contribution in [2.24, 2.45) is 11.1 Å². The number of aliphatic hydroxyl groups excluding tert-OH is 1. The van der Waals surface area contributed by atoms with Crippen LogP contribution in [0, 0.1) is 10.8 Å². The van der Waals surface area contributed by atoms with Crippen molar-refractivity contribution in [1.29, 1.82) is 5.41 Å². The van der Waals surface area contributed by atoms with E-state index in [1.807, 2.05) is 13.8 Å². The Kier molecular flexibility index (Phi) is 6.43. The van der Waals surface area contributed by atoms with Crippen molar-refractivity contribution in [3.8, 4) is 0 Å². The molecule has 0 aromatic rings. The van der Waals surface area contributed by atoms with Gasteiger partial charge in [0.1, 0.15) is 0 Å². The Balaban J connectivity index is 2.31. The van der Waals surface area contributed by atoms with Gasteiger partial charge in [0, 0.05) is 24.5 Å². The van der Waals surface area contributed by atoms with Crippen molar-refractivity contribution in [1.82, 2.24) is 9.80 Å². The molecule has 0 radical (unpaired) electrons. The van der Waals surface area contributed by atoms with Gasteiger partial charge in [-0.25, -0.2) is 0 Å². The Bertz CT molecular complexity index is 317. The summed E-state index contributed by atoms with van der Waals surface area (Å²) in [5, 5.41) is 17.4. The van der Waals surface area contributed by atoms with E-state index >= 15 is 0 Å². The standard InChI is InChI=1S/C15H32N4O/c1-15(2,14(16)17)7-5-6-8-19-11-13(20)9-12(19)10-18(3)4/h12-13,20H,5-11H2,1-4H3,(H3,16,17). The highest BCUT2D eigenvalue weighted by atomic mass is 16.3. The number of nitrogens with zero attached hydrogens (tertiary/aromatic N) is 2. The highest BCUT2D eigenvalue weighted by Crippen LogP contribution is 2.24. The number of likely N-dealkylation sites (tertiary alicyclic amines) is 1. The summed E-state index contributed by atoms with van der Waals surface area (Å²) in [5.74, 6) is 0.277. The average Bonchev–Trinajstić information content (AvgIpc) is 2.64. The van der Waals surface area contributed by atoms with Crippen molar-refractivity contribution < 1.29 is 5.11 Å². The zero-order valence-electron chi connectivity index (χ0n) is 13.5. The third-order valence-electron chi connectivity index (χ3n) is 4.31. The number of hydrogen-bond donors (Lipinski definition) is 3. The molecule has 5 nitrogen and oxygen atoms in total. The zero-order valence-corrected chi connectivity index (χ0v) is 13.5. The maximum absolute atomic E-state index is 9.84. The fraction of sp³-hybridized carbons (Fsp3) is 0.933. The van der Waals surface area contributed by atoms with Gasteiger partial charge in [-0.2, -0.15) is 0 Å². The van der Waals surface area contributed by atoms with E-state index in [-0.39, 0.29) is 17.4 Å². The number of rotatable bonds is 8. The summed E-state index contributed by atoms with van der Waals surface area (Å²) in [6.07, 6.45) is 3.85. The molecule has 0 aromatic heterocycles. The molecule has 118 valence electrons. The van der Waals surface area contributed by atoms with E-state index in [0.29, 0.717) is 6.04 Å². The molecular formula is C15H32N4O. The monoisotopic (exact) mass is 284 g/mol. The van der Waals surface area contributed by atoms with E-state index in [2.05, 4.69) is 23.9 Å². The van der Waals surface area contributed by atoms with E-state index < -0.39 is 0 Å². The molecule has 0 amide bonds. The summed E-state index contributed by atoms with van der Waals surface area (Å²) in [6, 6.07) is 0.473. The molecule has 2 atom stereocenters. The molecule has 0 saturated carbocycles. The largest absolute Gasteiger partial charge is 0.392 e. The molecule has 5 heteroatoms. The third-order valence-corrected chi connectivity index (χ3v) is 4.31. The molecule has 0 aromatic carbocycles. The van der Waals surface area contributed by atoms with Gasteiger partial charge in [0.25, 0.3) is 0 Å². The second-order valence-corrected chi connectivity index (χ2v) is 7.06. The van der Waals surface area contributed by atoms with E-state index in [4.69, 9.17) is 11.1 Å². The van der Waals surface area contributed by atoms with Gasteiger partial charge in [-0.05, 0) is 39.9 Å². The lowest BCUT2D eigenvalue weighted by Gasteiger charge is -2.27. The Morgan fingerprint density at radius 1 is 1.40 bits per heavy atom.